The Hall–Kier alpha value is -2.60. The second kappa shape index (κ2) is 6.04. The number of hydrogen-bond acceptors (Lipinski definition) is 2. The fourth-order valence-electron chi connectivity index (χ4n) is 3.21. The predicted molar refractivity (Wildman–Crippen MR) is 89.4 cm³/mol. The Morgan fingerprint density at radius 2 is 1.80 bits per heavy atom. The lowest BCUT2D eigenvalue weighted by atomic mass is 10.0. The van der Waals surface area contributed by atoms with Gasteiger partial charge in [-0.2, -0.15) is 18.3 Å². The van der Waals surface area contributed by atoms with Crippen molar-refractivity contribution in [3.63, 3.8) is 0 Å². The molecule has 0 unspecified atom stereocenters. The summed E-state index contributed by atoms with van der Waals surface area (Å²) in [7, 11) is 0. The molecule has 0 spiro atoms. The van der Waals surface area contributed by atoms with Crippen molar-refractivity contribution in [2.24, 2.45) is 0 Å². The van der Waals surface area contributed by atoms with E-state index in [9.17, 15) is 13.2 Å². The lowest BCUT2D eigenvalue weighted by Crippen LogP contribution is -2.23. The molecule has 25 heavy (non-hydrogen) atoms. The Balaban J connectivity index is 1.92. The number of hydrogen-bond donors (Lipinski definition) is 1. The Morgan fingerprint density at radius 1 is 1.00 bits per heavy atom. The van der Waals surface area contributed by atoms with Gasteiger partial charge in [0, 0.05) is 17.7 Å². The summed E-state index contributed by atoms with van der Waals surface area (Å²) in [5, 5.41) is 7.87. The van der Waals surface area contributed by atoms with E-state index in [2.05, 4.69) is 10.4 Å². The lowest BCUT2D eigenvalue weighted by Gasteiger charge is -2.14. The first kappa shape index (κ1) is 15.9. The zero-order valence-electron chi connectivity index (χ0n) is 13.3. The minimum Gasteiger partial charge on any atom is -0.311 e. The van der Waals surface area contributed by atoms with Gasteiger partial charge >= 0.3 is 6.18 Å². The van der Waals surface area contributed by atoms with Gasteiger partial charge in [0.1, 0.15) is 0 Å². The first-order valence-corrected chi connectivity index (χ1v) is 8.08. The molecule has 1 aliphatic rings. The van der Waals surface area contributed by atoms with E-state index in [1.807, 2.05) is 30.3 Å². The minimum atomic E-state index is -4.38. The summed E-state index contributed by atoms with van der Waals surface area (Å²) in [5.41, 5.74) is 3.57. The first-order valence-electron chi connectivity index (χ1n) is 8.08. The van der Waals surface area contributed by atoms with Crippen molar-refractivity contribution in [1.82, 2.24) is 15.1 Å². The normalized spacial score (nSPS) is 14.4. The van der Waals surface area contributed by atoms with Crippen LogP contribution in [0.15, 0.2) is 54.6 Å². The van der Waals surface area contributed by atoms with Gasteiger partial charge in [0.2, 0.25) is 0 Å². The molecule has 1 aliphatic heterocycles. The molecule has 0 aliphatic carbocycles. The van der Waals surface area contributed by atoms with Crippen molar-refractivity contribution < 1.29 is 13.2 Å². The second-order valence-corrected chi connectivity index (χ2v) is 6.03. The summed E-state index contributed by atoms with van der Waals surface area (Å²) < 4.78 is 40.9. The van der Waals surface area contributed by atoms with Crippen LogP contribution in [0.1, 0.15) is 16.8 Å². The van der Waals surface area contributed by atoms with Gasteiger partial charge in [-0.3, -0.25) is 0 Å². The molecular formula is C19H16F3N3. The summed E-state index contributed by atoms with van der Waals surface area (Å²) >= 11 is 0. The number of rotatable bonds is 2. The third kappa shape index (κ3) is 2.93. The molecule has 0 fully saturated rings. The number of alkyl halides is 3. The summed E-state index contributed by atoms with van der Waals surface area (Å²) in [4.78, 5) is 0. The van der Waals surface area contributed by atoms with E-state index in [1.165, 1.54) is 6.07 Å². The van der Waals surface area contributed by atoms with Gasteiger partial charge in [-0.05, 0) is 31.2 Å². The van der Waals surface area contributed by atoms with Gasteiger partial charge in [0.05, 0.1) is 22.6 Å². The summed E-state index contributed by atoms with van der Waals surface area (Å²) in [5.74, 6) is 0. The van der Waals surface area contributed by atoms with Gasteiger partial charge in [-0.25, -0.2) is 4.68 Å². The van der Waals surface area contributed by atoms with Crippen molar-refractivity contribution in [2.45, 2.75) is 19.1 Å². The highest BCUT2D eigenvalue weighted by molar-refractivity contribution is 5.67. The topological polar surface area (TPSA) is 29.9 Å². The number of nitrogens with zero attached hydrogens (tertiary/aromatic N) is 2. The molecule has 0 amide bonds. The van der Waals surface area contributed by atoms with Crippen LogP contribution in [0.3, 0.4) is 0 Å². The van der Waals surface area contributed by atoms with Crippen molar-refractivity contribution in [3.8, 4) is 16.9 Å². The average molecular weight is 343 g/mol. The monoisotopic (exact) mass is 343 g/mol. The Bertz CT molecular complexity index is 898. The maximum absolute atomic E-state index is 13.1. The Morgan fingerprint density at radius 3 is 2.56 bits per heavy atom. The second-order valence-electron chi connectivity index (χ2n) is 6.03. The molecule has 128 valence electrons. The van der Waals surface area contributed by atoms with Crippen LogP contribution in [-0.2, 0) is 19.1 Å². The summed E-state index contributed by atoms with van der Waals surface area (Å²) in [6, 6.07) is 15.0. The standard InChI is InChI=1S/C19H16F3N3/c20-19(21,22)14-7-4-8-15(11-14)25-18(13-5-2-1-3-6-13)16-9-10-23-12-17(16)24-25/h1-8,11,23H,9-10,12H2. The highest BCUT2D eigenvalue weighted by Gasteiger charge is 2.31. The van der Waals surface area contributed by atoms with E-state index in [4.69, 9.17) is 0 Å². The quantitative estimate of drug-likeness (QED) is 0.756. The van der Waals surface area contributed by atoms with Gasteiger partial charge in [0.15, 0.2) is 0 Å². The van der Waals surface area contributed by atoms with Crippen LogP contribution in [0, 0.1) is 0 Å². The van der Waals surface area contributed by atoms with Crippen LogP contribution < -0.4 is 5.32 Å². The summed E-state index contributed by atoms with van der Waals surface area (Å²) in [6.45, 7) is 1.46. The molecule has 0 saturated carbocycles. The number of aromatic nitrogens is 2. The van der Waals surface area contributed by atoms with Gasteiger partial charge in [0.25, 0.3) is 0 Å². The molecule has 0 saturated heterocycles. The summed E-state index contributed by atoms with van der Waals surface area (Å²) in [6.07, 6.45) is -3.57. The van der Waals surface area contributed by atoms with Gasteiger partial charge in [-0.15, -0.1) is 0 Å². The molecule has 4 rings (SSSR count). The van der Waals surface area contributed by atoms with Gasteiger partial charge in [-0.1, -0.05) is 36.4 Å². The number of fused-ring (bicyclic) bond motifs is 1. The van der Waals surface area contributed by atoms with Crippen LogP contribution in [0.25, 0.3) is 16.9 Å². The first-order chi connectivity index (χ1) is 12.0. The molecule has 0 bridgehead atoms. The SMILES string of the molecule is FC(F)(F)c1cccc(-n2nc3c(c2-c2ccccc2)CCNC3)c1. The van der Waals surface area contributed by atoms with E-state index >= 15 is 0 Å². The molecule has 1 N–H and O–H groups in total. The van der Waals surface area contributed by atoms with Crippen molar-refractivity contribution in [2.75, 3.05) is 6.54 Å². The van der Waals surface area contributed by atoms with Crippen molar-refractivity contribution >= 4 is 0 Å². The fourth-order valence-corrected chi connectivity index (χ4v) is 3.21. The molecule has 0 radical (unpaired) electrons. The molecule has 2 aromatic carbocycles. The molecule has 3 aromatic rings. The zero-order chi connectivity index (χ0) is 17.4. The number of benzene rings is 2. The predicted octanol–water partition coefficient (Wildman–Crippen LogP) is 4.20. The molecule has 3 nitrogen and oxygen atoms in total. The van der Waals surface area contributed by atoms with Crippen molar-refractivity contribution in [1.29, 1.82) is 0 Å². The number of halogens is 3. The van der Waals surface area contributed by atoms with E-state index < -0.39 is 11.7 Å². The maximum atomic E-state index is 13.1. The van der Waals surface area contributed by atoms with E-state index in [-0.39, 0.29) is 0 Å². The zero-order valence-corrected chi connectivity index (χ0v) is 13.3. The van der Waals surface area contributed by atoms with Crippen LogP contribution in [0.2, 0.25) is 0 Å². The molecular weight excluding hydrogens is 327 g/mol. The van der Waals surface area contributed by atoms with Crippen LogP contribution >= 0.6 is 0 Å². The third-order valence-electron chi connectivity index (χ3n) is 4.38. The van der Waals surface area contributed by atoms with Crippen LogP contribution in [0.4, 0.5) is 13.2 Å². The van der Waals surface area contributed by atoms with E-state index in [0.717, 1.165) is 47.6 Å². The minimum absolute atomic E-state index is 0.420. The third-order valence-corrected chi connectivity index (χ3v) is 4.38. The van der Waals surface area contributed by atoms with Gasteiger partial charge < -0.3 is 5.32 Å². The van der Waals surface area contributed by atoms with E-state index in [0.29, 0.717) is 12.2 Å². The molecule has 1 aromatic heterocycles. The Kier molecular flexibility index (Phi) is 3.84. The highest BCUT2D eigenvalue weighted by atomic mass is 19.4. The largest absolute Gasteiger partial charge is 0.416 e. The smallest absolute Gasteiger partial charge is 0.311 e. The molecule has 2 heterocycles. The van der Waals surface area contributed by atoms with E-state index in [1.54, 1.807) is 10.7 Å². The average Bonchev–Trinajstić information content (AvgIpc) is 3.01. The molecule has 0 atom stereocenters. The maximum Gasteiger partial charge on any atom is 0.416 e. The lowest BCUT2D eigenvalue weighted by molar-refractivity contribution is -0.137. The molecule has 6 heteroatoms. The van der Waals surface area contributed by atoms with Crippen LogP contribution in [0.5, 0.6) is 0 Å². The Labute approximate surface area is 143 Å². The fraction of sp³-hybridized carbons (Fsp3) is 0.211. The van der Waals surface area contributed by atoms with Crippen molar-refractivity contribution in [3.05, 3.63) is 71.4 Å². The van der Waals surface area contributed by atoms with Crippen LogP contribution in [-0.4, -0.2) is 16.3 Å². The highest BCUT2D eigenvalue weighted by Crippen LogP contribution is 2.34. The number of nitrogens with one attached hydrogen (secondary N) is 1.